The Labute approximate surface area is 135 Å². The van der Waals surface area contributed by atoms with Crippen molar-refractivity contribution in [3.8, 4) is 0 Å². The molecule has 0 atom stereocenters. The molecule has 1 aromatic heterocycles. The van der Waals surface area contributed by atoms with Crippen LogP contribution in [0.25, 0.3) is 10.9 Å². The fourth-order valence-electron chi connectivity index (χ4n) is 2.54. The van der Waals surface area contributed by atoms with E-state index < -0.39 is 0 Å². The number of hydrogen-bond donors (Lipinski definition) is 3. The third-order valence-electron chi connectivity index (χ3n) is 3.66. The molecule has 1 heterocycles. The van der Waals surface area contributed by atoms with Crippen LogP contribution in [0.15, 0.2) is 23.0 Å². The first-order chi connectivity index (χ1) is 11.0. The third kappa shape index (κ3) is 4.56. The molecule has 0 aliphatic carbocycles. The van der Waals surface area contributed by atoms with E-state index in [2.05, 4.69) is 21.7 Å². The normalized spacial score (nSPS) is 10.7. The van der Waals surface area contributed by atoms with Gasteiger partial charge in [0.05, 0.1) is 6.61 Å². The van der Waals surface area contributed by atoms with Crippen molar-refractivity contribution in [3.63, 3.8) is 0 Å². The topological polar surface area (TPSA) is 83.2 Å². The summed E-state index contributed by atoms with van der Waals surface area (Å²) in [6.45, 7) is 5.36. The molecular formula is C17H23N3O3. The van der Waals surface area contributed by atoms with Crippen LogP contribution in [-0.2, 0) is 11.2 Å². The Morgan fingerprint density at radius 1 is 1.17 bits per heavy atom. The van der Waals surface area contributed by atoms with Crippen molar-refractivity contribution in [2.24, 2.45) is 0 Å². The van der Waals surface area contributed by atoms with E-state index in [1.807, 2.05) is 26.0 Å². The summed E-state index contributed by atoms with van der Waals surface area (Å²) < 4.78 is 4.85. The summed E-state index contributed by atoms with van der Waals surface area (Å²) in [7, 11) is 1.58. The Hall–Kier alpha value is -2.34. The SMILES string of the molecule is COCCNC(=O)NCCc1cc2c(C)cc(C)cc2[nH]c1=O. The van der Waals surface area contributed by atoms with Crippen LogP contribution >= 0.6 is 0 Å². The van der Waals surface area contributed by atoms with Gasteiger partial charge in [0.1, 0.15) is 0 Å². The molecule has 3 N–H and O–H groups in total. The lowest BCUT2D eigenvalue weighted by molar-refractivity contribution is 0.196. The number of aromatic amines is 1. The van der Waals surface area contributed by atoms with Gasteiger partial charge in [-0.15, -0.1) is 0 Å². The van der Waals surface area contributed by atoms with Gasteiger partial charge in [-0.3, -0.25) is 4.79 Å². The van der Waals surface area contributed by atoms with Gasteiger partial charge in [0.15, 0.2) is 0 Å². The Balaban J connectivity index is 2.02. The molecule has 2 amide bonds. The second-order valence-electron chi connectivity index (χ2n) is 5.59. The number of benzene rings is 1. The lowest BCUT2D eigenvalue weighted by Gasteiger charge is -2.09. The summed E-state index contributed by atoms with van der Waals surface area (Å²) in [5.74, 6) is 0. The highest BCUT2D eigenvalue weighted by atomic mass is 16.5. The zero-order valence-electron chi connectivity index (χ0n) is 13.8. The highest BCUT2D eigenvalue weighted by molar-refractivity contribution is 5.83. The number of pyridine rings is 1. The van der Waals surface area contributed by atoms with E-state index in [9.17, 15) is 9.59 Å². The molecule has 0 fully saturated rings. The van der Waals surface area contributed by atoms with E-state index in [0.29, 0.717) is 31.7 Å². The van der Waals surface area contributed by atoms with Crippen molar-refractivity contribution in [1.29, 1.82) is 0 Å². The van der Waals surface area contributed by atoms with Crippen LogP contribution in [0.5, 0.6) is 0 Å². The lowest BCUT2D eigenvalue weighted by atomic mass is 10.0. The van der Waals surface area contributed by atoms with Gasteiger partial charge in [-0.25, -0.2) is 4.79 Å². The Morgan fingerprint density at radius 3 is 2.65 bits per heavy atom. The van der Waals surface area contributed by atoms with Crippen LogP contribution in [0.1, 0.15) is 16.7 Å². The summed E-state index contributed by atoms with van der Waals surface area (Å²) in [5.41, 5.74) is 3.66. The van der Waals surface area contributed by atoms with Crippen molar-refractivity contribution >= 4 is 16.9 Å². The number of H-pyrrole nitrogens is 1. The van der Waals surface area contributed by atoms with Crippen molar-refractivity contribution in [2.45, 2.75) is 20.3 Å². The molecule has 0 unspecified atom stereocenters. The highest BCUT2D eigenvalue weighted by Crippen LogP contribution is 2.18. The van der Waals surface area contributed by atoms with Gasteiger partial charge >= 0.3 is 6.03 Å². The van der Waals surface area contributed by atoms with E-state index in [-0.39, 0.29) is 11.6 Å². The van der Waals surface area contributed by atoms with Crippen LogP contribution in [0.2, 0.25) is 0 Å². The maximum atomic E-state index is 12.1. The average molecular weight is 317 g/mol. The van der Waals surface area contributed by atoms with Crippen LogP contribution in [0.3, 0.4) is 0 Å². The molecular weight excluding hydrogens is 294 g/mol. The van der Waals surface area contributed by atoms with E-state index in [1.165, 1.54) is 0 Å². The summed E-state index contributed by atoms with van der Waals surface area (Å²) in [5, 5.41) is 6.44. The van der Waals surface area contributed by atoms with Crippen molar-refractivity contribution in [3.05, 3.63) is 45.2 Å². The number of nitrogens with one attached hydrogen (secondary N) is 3. The number of urea groups is 1. The minimum Gasteiger partial charge on any atom is -0.383 e. The fourth-order valence-corrected chi connectivity index (χ4v) is 2.54. The predicted octanol–water partition coefficient (Wildman–Crippen LogP) is 1.63. The van der Waals surface area contributed by atoms with Gasteiger partial charge in [-0.2, -0.15) is 0 Å². The average Bonchev–Trinajstić information content (AvgIpc) is 2.48. The summed E-state index contributed by atoms with van der Waals surface area (Å²) in [4.78, 5) is 26.6. The number of aryl methyl sites for hydroxylation is 2. The largest absolute Gasteiger partial charge is 0.383 e. The number of aromatic nitrogens is 1. The molecule has 0 radical (unpaired) electrons. The zero-order chi connectivity index (χ0) is 16.8. The minimum absolute atomic E-state index is 0.107. The van der Waals surface area contributed by atoms with Crippen LogP contribution in [-0.4, -0.2) is 37.8 Å². The first-order valence-electron chi connectivity index (χ1n) is 7.65. The molecule has 0 bridgehead atoms. The molecule has 124 valence electrons. The fraction of sp³-hybridized carbons (Fsp3) is 0.412. The zero-order valence-corrected chi connectivity index (χ0v) is 13.8. The molecule has 2 aromatic rings. The number of ether oxygens (including phenoxy) is 1. The number of carbonyl (C=O) groups is 1. The number of amides is 2. The van der Waals surface area contributed by atoms with Gasteiger partial charge in [0, 0.05) is 36.7 Å². The molecule has 2 rings (SSSR count). The van der Waals surface area contributed by atoms with E-state index in [4.69, 9.17) is 4.74 Å². The van der Waals surface area contributed by atoms with Gasteiger partial charge in [0.25, 0.3) is 5.56 Å². The van der Waals surface area contributed by atoms with E-state index in [0.717, 1.165) is 22.0 Å². The monoisotopic (exact) mass is 317 g/mol. The lowest BCUT2D eigenvalue weighted by Crippen LogP contribution is -2.38. The van der Waals surface area contributed by atoms with Crippen molar-refractivity contribution < 1.29 is 9.53 Å². The molecule has 6 nitrogen and oxygen atoms in total. The number of hydrogen-bond acceptors (Lipinski definition) is 3. The number of rotatable bonds is 6. The van der Waals surface area contributed by atoms with Crippen molar-refractivity contribution in [1.82, 2.24) is 15.6 Å². The Morgan fingerprint density at radius 2 is 1.91 bits per heavy atom. The standard InChI is InChI=1S/C17H23N3O3/c1-11-8-12(2)14-10-13(16(21)20-15(14)9-11)4-5-18-17(22)19-6-7-23-3/h8-10H,4-7H2,1-3H3,(H,20,21)(H2,18,19,22). The Bertz CT molecular complexity index is 753. The van der Waals surface area contributed by atoms with E-state index in [1.54, 1.807) is 7.11 Å². The molecule has 0 spiro atoms. The van der Waals surface area contributed by atoms with Gasteiger partial charge in [-0.1, -0.05) is 6.07 Å². The molecule has 23 heavy (non-hydrogen) atoms. The molecule has 0 saturated heterocycles. The quantitative estimate of drug-likeness (QED) is 0.708. The van der Waals surface area contributed by atoms with Crippen LogP contribution < -0.4 is 16.2 Å². The molecule has 0 aliphatic rings. The molecule has 0 saturated carbocycles. The number of carbonyl (C=O) groups excluding carboxylic acids is 1. The van der Waals surface area contributed by atoms with Gasteiger partial charge in [0.2, 0.25) is 0 Å². The summed E-state index contributed by atoms with van der Waals surface area (Å²) >= 11 is 0. The maximum absolute atomic E-state index is 12.1. The molecule has 0 aliphatic heterocycles. The summed E-state index contributed by atoms with van der Waals surface area (Å²) in [6.07, 6.45) is 0.482. The maximum Gasteiger partial charge on any atom is 0.314 e. The summed E-state index contributed by atoms with van der Waals surface area (Å²) in [6, 6.07) is 5.71. The second kappa shape index (κ2) is 7.78. The molecule has 6 heteroatoms. The number of methoxy groups -OCH3 is 1. The smallest absolute Gasteiger partial charge is 0.314 e. The Kier molecular flexibility index (Phi) is 5.76. The first-order valence-corrected chi connectivity index (χ1v) is 7.65. The predicted molar refractivity (Wildman–Crippen MR) is 91.0 cm³/mol. The molecule has 1 aromatic carbocycles. The van der Waals surface area contributed by atoms with Crippen LogP contribution in [0, 0.1) is 13.8 Å². The van der Waals surface area contributed by atoms with E-state index >= 15 is 0 Å². The van der Waals surface area contributed by atoms with Crippen molar-refractivity contribution in [2.75, 3.05) is 26.8 Å². The van der Waals surface area contributed by atoms with Gasteiger partial charge in [-0.05, 0) is 43.5 Å². The van der Waals surface area contributed by atoms with Crippen LogP contribution in [0.4, 0.5) is 4.79 Å². The number of fused-ring (bicyclic) bond motifs is 1. The minimum atomic E-state index is -0.258. The highest BCUT2D eigenvalue weighted by Gasteiger charge is 2.06. The first kappa shape index (κ1) is 17.0. The third-order valence-corrected chi connectivity index (χ3v) is 3.66. The van der Waals surface area contributed by atoms with Gasteiger partial charge < -0.3 is 20.4 Å². The second-order valence-corrected chi connectivity index (χ2v) is 5.59.